The average molecular weight is 365 g/mol. The standard InChI is InChI=1S/C19H21ClO3S/c1-14-4-3-5-17(12-14)24(21,22)19(2)11-10-18(23-13-19)15-6-8-16(20)9-7-15/h3-9,12,18H,10-11,13H2,1-2H3. The fraction of sp³-hybridized carbons (Fsp3) is 0.368. The fourth-order valence-electron chi connectivity index (χ4n) is 3.09. The van der Waals surface area contributed by atoms with Gasteiger partial charge in [0.25, 0.3) is 0 Å². The molecule has 0 radical (unpaired) electrons. The Morgan fingerprint density at radius 2 is 1.88 bits per heavy atom. The molecule has 1 saturated heterocycles. The lowest BCUT2D eigenvalue weighted by atomic mass is 9.95. The predicted octanol–water partition coefficient (Wildman–Crippen LogP) is 4.73. The summed E-state index contributed by atoms with van der Waals surface area (Å²) in [4.78, 5) is 0.374. The second-order valence-electron chi connectivity index (χ2n) is 6.66. The molecule has 128 valence electrons. The molecule has 2 aromatic carbocycles. The number of ether oxygens (including phenoxy) is 1. The van der Waals surface area contributed by atoms with Crippen LogP contribution >= 0.6 is 11.6 Å². The molecule has 1 aliphatic rings. The molecule has 1 fully saturated rings. The Morgan fingerprint density at radius 1 is 1.17 bits per heavy atom. The summed E-state index contributed by atoms with van der Waals surface area (Å²) in [7, 11) is -3.44. The van der Waals surface area contributed by atoms with Crippen LogP contribution in [0.3, 0.4) is 0 Å². The smallest absolute Gasteiger partial charge is 0.186 e. The van der Waals surface area contributed by atoms with Gasteiger partial charge in [0, 0.05) is 5.02 Å². The van der Waals surface area contributed by atoms with Gasteiger partial charge in [-0.25, -0.2) is 8.42 Å². The van der Waals surface area contributed by atoms with Crippen molar-refractivity contribution in [3.05, 3.63) is 64.7 Å². The Kier molecular flexibility index (Phi) is 4.73. The predicted molar refractivity (Wildman–Crippen MR) is 96.1 cm³/mol. The number of hydrogen-bond donors (Lipinski definition) is 0. The van der Waals surface area contributed by atoms with Crippen LogP contribution in [0.2, 0.25) is 5.02 Å². The number of halogens is 1. The van der Waals surface area contributed by atoms with Crippen LogP contribution in [0.1, 0.15) is 37.0 Å². The summed E-state index contributed by atoms with van der Waals surface area (Å²) in [5.74, 6) is 0. The molecule has 0 amide bonds. The summed E-state index contributed by atoms with van der Waals surface area (Å²) < 4.78 is 31.1. The van der Waals surface area contributed by atoms with Crippen LogP contribution in [0.25, 0.3) is 0 Å². The number of aryl methyl sites for hydroxylation is 1. The summed E-state index contributed by atoms with van der Waals surface area (Å²) in [5, 5.41) is 0.682. The molecule has 1 aliphatic heterocycles. The van der Waals surface area contributed by atoms with E-state index in [1.807, 2.05) is 37.3 Å². The van der Waals surface area contributed by atoms with Crippen molar-refractivity contribution in [2.75, 3.05) is 6.61 Å². The minimum absolute atomic E-state index is 0.0805. The third-order valence-electron chi connectivity index (χ3n) is 4.72. The molecule has 2 unspecified atom stereocenters. The first-order valence-electron chi connectivity index (χ1n) is 8.00. The molecule has 1 heterocycles. The largest absolute Gasteiger partial charge is 0.372 e. The number of benzene rings is 2. The number of hydrogen-bond acceptors (Lipinski definition) is 3. The van der Waals surface area contributed by atoms with Gasteiger partial charge >= 0.3 is 0 Å². The van der Waals surface area contributed by atoms with Gasteiger partial charge < -0.3 is 4.74 Å². The van der Waals surface area contributed by atoms with Gasteiger partial charge in [0.05, 0.1) is 22.4 Å². The van der Waals surface area contributed by atoms with E-state index in [1.54, 1.807) is 25.1 Å². The van der Waals surface area contributed by atoms with Crippen molar-refractivity contribution >= 4 is 21.4 Å². The molecule has 0 bridgehead atoms. The summed E-state index contributed by atoms with van der Waals surface area (Å²) >= 11 is 5.92. The van der Waals surface area contributed by atoms with Gasteiger partial charge in [0.2, 0.25) is 0 Å². The van der Waals surface area contributed by atoms with Crippen LogP contribution in [0, 0.1) is 6.92 Å². The lowest BCUT2D eigenvalue weighted by Gasteiger charge is -2.37. The molecule has 2 atom stereocenters. The maximum atomic E-state index is 13.1. The Morgan fingerprint density at radius 3 is 2.46 bits per heavy atom. The highest BCUT2D eigenvalue weighted by atomic mass is 35.5. The fourth-order valence-corrected chi connectivity index (χ4v) is 4.99. The van der Waals surface area contributed by atoms with Crippen molar-refractivity contribution in [2.45, 2.75) is 42.4 Å². The van der Waals surface area contributed by atoms with E-state index in [2.05, 4.69) is 0 Å². The van der Waals surface area contributed by atoms with Crippen LogP contribution in [-0.4, -0.2) is 19.8 Å². The van der Waals surface area contributed by atoms with Gasteiger partial charge in [-0.3, -0.25) is 0 Å². The van der Waals surface area contributed by atoms with E-state index in [4.69, 9.17) is 16.3 Å². The summed E-state index contributed by atoms with van der Waals surface area (Å²) in [6.45, 7) is 3.87. The normalized spacial score (nSPS) is 24.7. The van der Waals surface area contributed by atoms with E-state index >= 15 is 0 Å². The zero-order valence-corrected chi connectivity index (χ0v) is 15.4. The van der Waals surface area contributed by atoms with Crippen LogP contribution < -0.4 is 0 Å². The molecule has 0 aromatic heterocycles. The Bertz CT molecular complexity index is 820. The highest BCUT2D eigenvalue weighted by Crippen LogP contribution is 2.39. The SMILES string of the molecule is Cc1cccc(S(=O)(=O)C2(C)CCC(c3ccc(Cl)cc3)OC2)c1. The molecule has 24 heavy (non-hydrogen) atoms. The van der Waals surface area contributed by atoms with Crippen molar-refractivity contribution in [3.8, 4) is 0 Å². The monoisotopic (exact) mass is 364 g/mol. The lowest BCUT2D eigenvalue weighted by molar-refractivity contribution is -0.00390. The average Bonchev–Trinajstić information content (AvgIpc) is 2.56. The first kappa shape index (κ1) is 17.5. The van der Waals surface area contributed by atoms with Gasteiger partial charge in [-0.15, -0.1) is 0 Å². The molecular weight excluding hydrogens is 344 g/mol. The van der Waals surface area contributed by atoms with E-state index < -0.39 is 14.6 Å². The number of sulfone groups is 1. The molecule has 2 aromatic rings. The van der Waals surface area contributed by atoms with Crippen molar-refractivity contribution in [1.82, 2.24) is 0 Å². The third-order valence-corrected chi connectivity index (χ3v) is 7.46. The summed E-state index contributed by atoms with van der Waals surface area (Å²) in [5.41, 5.74) is 1.98. The van der Waals surface area contributed by atoms with Crippen LogP contribution in [0.15, 0.2) is 53.4 Å². The van der Waals surface area contributed by atoms with Gasteiger partial charge in [0.1, 0.15) is 0 Å². The topological polar surface area (TPSA) is 43.4 Å². The van der Waals surface area contributed by atoms with Crippen molar-refractivity contribution in [3.63, 3.8) is 0 Å². The molecule has 3 rings (SSSR count). The molecule has 3 nitrogen and oxygen atoms in total. The first-order chi connectivity index (χ1) is 11.3. The Balaban J connectivity index is 1.80. The van der Waals surface area contributed by atoms with E-state index in [0.717, 1.165) is 11.1 Å². The van der Waals surface area contributed by atoms with Crippen LogP contribution in [0.4, 0.5) is 0 Å². The number of rotatable bonds is 3. The third kappa shape index (κ3) is 3.23. The van der Waals surface area contributed by atoms with Gasteiger partial charge in [0.15, 0.2) is 9.84 Å². The molecule has 0 saturated carbocycles. The van der Waals surface area contributed by atoms with Crippen LogP contribution in [-0.2, 0) is 14.6 Å². The van der Waals surface area contributed by atoms with E-state index in [0.29, 0.717) is 22.8 Å². The molecule has 5 heteroatoms. The van der Waals surface area contributed by atoms with E-state index in [1.165, 1.54) is 0 Å². The summed E-state index contributed by atoms with van der Waals surface area (Å²) in [6, 6.07) is 14.6. The molecular formula is C19H21ClO3S. The highest BCUT2D eigenvalue weighted by molar-refractivity contribution is 7.92. The first-order valence-corrected chi connectivity index (χ1v) is 9.86. The zero-order chi connectivity index (χ0) is 17.4. The van der Waals surface area contributed by atoms with Crippen LogP contribution in [0.5, 0.6) is 0 Å². The van der Waals surface area contributed by atoms with Crippen molar-refractivity contribution < 1.29 is 13.2 Å². The Labute approximate surface area is 148 Å². The van der Waals surface area contributed by atoms with E-state index in [9.17, 15) is 8.42 Å². The quantitative estimate of drug-likeness (QED) is 0.790. The highest BCUT2D eigenvalue weighted by Gasteiger charge is 2.44. The van der Waals surface area contributed by atoms with Crippen molar-refractivity contribution in [1.29, 1.82) is 0 Å². The van der Waals surface area contributed by atoms with Gasteiger partial charge in [-0.05, 0) is 62.1 Å². The lowest BCUT2D eigenvalue weighted by Crippen LogP contribution is -2.44. The minimum atomic E-state index is -3.44. The maximum Gasteiger partial charge on any atom is 0.186 e. The summed E-state index contributed by atoms with van der Waals surface area (Å²) in [6.07, 6.45) is 1.16. The van der Waals surface area contributed by atoms with Crippen molar-refractivity contribution in [2.24, 2.45) is 0 Å². The Hall–Kier alpha value is -1.36. The van der Waals surface area contributed by atoms with E-state index in [-0.39, 0.29) is 12.7 Å². The minimum Gasteiger partial charge on any atom is -0.372 e. The second kappa shape index (κ2) is 6.51. The molecule has 0 N–H and O–H groups in total. The van der Waals surface area contributed by atoms with Gasteiger partial charge in [-0.1, -0.05) is 35.9 Å². The molecule has 0 spiro atoms. The zero-order valence-electron chi connectivity index (χ0n) is 13.8. The van der Waals surface area contributed by atoms with Gasteiger partial charge in [-0.2, -0.15) is 0 Å². The molecule has 0 aliphatic carbocycles. The maximum absolute atomic E-state index is 13.1. The second-order valence-corrected chi connectivity index (χ2v) is 9.56.